The molecule has 0 unspecified atom stereocenters. The third kappa shape index (κ3) is 3.60. The van der Waals surface area contributed by atoms with E-state index in [1.54, 1.807) is 12.1 Å². The predicted molar refractivity (Wildman–Crippen MR) is 83.8 cm³/mol. The molecule has 0 saturated heterocycles. The first-order chi connectivity index (χ1) is 11.2. The first-order valence-corrected chi connectivity index (χ1v) is 7.25. The van der Waals surface area contributed by atoms with Crippen molar-refractivity contribution in [3.05, 3.63) is 66.0 Å². The first-order valence-electron chi connectivity index (χ1n) is 7.25. The van der Waals surface area contributed by atoms with Gasteiger partial charge in [-0.25, -0.2) is 14.8 Å². The van der Waals surface area contributed by atoms with E-state index in [4.69, 9.17) is 4.74 Å². The summed E-state index contributed by atoms with van der Waals surface area (Å²) >= 11 is 0. The summed E-state index contributed by atoms with van der Waals surface area (Å²) in [6.45, 7) is 0.144. The van der Waals surface area contributed by atoms with Crippen molar-refractivity contribution in [1.29, 1.82) is 0 Å². The first kappa shape index (κ1) is 14.9. The Kier molecular flexibility index (Phi) is 4.42. The molecule has 0 bridgehead atoms. The number of carbonyl (C=O) groups is 2. The zero-order valence-corrected chi connectivity index (χ0v) is 12.4. The van der Waals surface area contributed by atoms with Crippen LogP contribution in [0.2, 0.25) is 0 Å². The minimum Gasteiger partial charge on any atom is -0.451 e. The van der Waals surface area contributed by atoms with Gasteiger partial charge < -0.3 is 4.74 Å². The molecule has 3 rings (SSSR count). The number of amides is 1. The lowest BCUT2D eigenvalue weighted by atomic mass is 10.1. The Labute approximate surface area is 133 Å². The molecule has 0 radical (unpaired) electrons. The van der Waals surface area contributed by atoms with E-state index in [1.165, 1.54) is 17.3 Å². The van der Waals surface area contributed by atoms with E-state index in [1.807, 2.05) is 30.3 Å². The van der Waals surface area contributed by atoms with Gasteiger partial charge in [0, 0.05) is 12.6 Å². The molecule has 1 aliphatic heterocycles. The van der Waals surface area contributed by atoms with Gasteiger partial charge in [-0.05, 0) is 17.7 Å². The molecule has 0 fully saturated rings. The highest BCUT2D eigenvalue weighted by atomic mass is 16.5. The molecule has 23 heavy (non-hydrogen) atoms. The van der Waals surface area contributed by atoms with E-state index in [9.17, 15) is 9.59 Å². The van der Waals surface area contributed by atoms with Gasteiger partial charge in [0.2, 0.25) is 0 Å². The van der Waals surface area contributed by atoms with Gasteiger partial charge in [0.15, 0.2) is 6.61 Å². The minimum atomic E-state index is -0.620. The third-order valence-corrected chi connectivity index (χ3v) is 3.40. The van der Waals surface area contributed by atoms with Crippen LogP contribution in [0.4, 0.5) is 0 Å². The van der Waals surface area contributed by atoms with Crippen molar-refractivity contribution < 1.29 is 14.3 Å². The molecule has 0 N–H and O–H groups in total. The lowest BCUT2D eigenvalue weighted by Gasteiger charge is -2.11. The Morgan fingerprint density at radius 2 is 1.87 bits per heavy atom. The smallest absolute Gasteiger partial charge is 0.357 e. The average Bonchev–Trinajstić information content (AvgIpc) is 3.11. The monoisotopic (exact) mass is 309 g/mol. The van der Waals surface area contributed by atoms with Gasteiger partial charge in [-0.3, -0.25) is 4.79 Å². The molecule has 0 atom stereocenters. The Bertz CT molecular complexity index is 729. The fourth-order valence-corrected chi connectivity index (χ4v) is 2.23. The van der Waals surface area contributed by atoms with Crippen LogP contribution < -0.4 is 0 Å². The number of pyridine rings is 1. The Balaban J connectivity index is 1.57. The Morgan fingerprint density at radius 3 is 2.61 bits per heavy atom. The van der Waals surface area contributed by atoms with E-state index >= 15 is 0 Å². The van der Waals surface area contributed by atoms with E-state index in [2.05, 4.69) is 10.1 Å². The molecular weight excluding hydrogens is 294 g/mol. The lowest BCUT2D eigenvalue weighted by Crippen LogP contribution is -2.28. The van der Waals surface area contributed by atoms with Crippen molar-refractivity contribution in [2.75, 3.05) is 13.2 Å². The van der Waals surface area contributed by atoms with Crippen LogP contribution in [0.1, 0.15) is 22.5 Å². The maximum Gasteiger partial charge on any atom is 0.357 e. The summed E-state index contributed by atoms with van der Waals surface area (Å²) in [4.78, 5) is 27.7. The maximum absolute atomic E-state index is 12.1. The van der Waals surface area contributed by atoms with Crippen molar-refractivity contribution in [3.63, 3.8) is 0 Å². The van der Waals surface area contributed by atoms with Crippen molar-refractivity contribution >= 4 is 17.6 Å². The number of hydrazone groups is 1. The molecule has 2 heterocycles. The number of esters is 1. The molecule has 1 aromatic heterocycles. The van der Waals surface area contributed by atoms with E-state index in [-0.39, 0.29) is 18.2 Å². The van der Waals surface area contributed by atoms with Gasteiger partial charge in [-0.15, -0.1) is 0 Å². The van der Waals surface area contributed by atoms with Gasteiger partial charge in [0.25, 0.3) is 5.91 Å². The number of hydrogen-bond donors (Lipinski definition) is 0. The number of benzene rings is 1. The quantitative estimate of drug-likeness (QED) is 0.808. The second kappa shape index (κ2) is 6.83. The van der Waals surface area contributed by atoms with Crippen LogP contribution in [0.3, 0.4) is 0 Å². The van der Waals surface area contributed by atoms with Crippen LogP contribution in [-0.4, -0.2) is 40.7 Å². The molecule has 1 aliphatic rings. The highest BCUT2D eigenvalue weighted by Crippen LogP contribution is 2.13. The number of nitrogens with zero attached hydrogens (tertiary/aromatic N) is 3. The zero-order valence-electron chi connectivity index (χ0n) is 12.4. The second-order valence-corrected chi connectivity index (χ2v) is 4.97. The summed E-state index contributed by atoms with van der Waals surface area (Å²) in [7, 11) is 0. The highest BCUT2D eigenvalue weighted by Gasteiger charge is 2.22. The number of hydrogen-bond acceptors (Lipinski definition) is 5. The SMILES string of the molecule is O=C(OCC(=O)N1CCC(c2ccccc2)=N1)c1ccccn1. The van der Waals surface area contributed by atoms with Gasteiger partial charge in [-0.2, -0.15) is 5.10 Å². The van der Waals surface area contributed by atoms with E-state index in [0.717, 1.165) is 11.3 Å². The minimum absolute atomic E-state index is 0.176. The molecule has 6 heteroatoms. The van der Waals surface area contributed by atoms with Gasteiger partial charge in [0.05, 0.1) is 12.3 Å². The molecule has 0 aliphatic carbocycles. The predicted octanol–water partition coefficient (Wildman–Crippen LogP) is 1.87. The van der Waals surface area contributed by atoms with Crippen LogP contribution in [0.25, 0.3) is 0 Å². The van der Waals surface area contributed by atoms with Gasteiger partial charge >= 0.3 is 5.97 Å². The molecular formula is C17H15N3O3. The molecule has 0 spiro atoms. The van der Waals surface area contributed by atoms with Crippen molar-refractivity contribution in [2.45, 2.75) is 6.42 Å². The van der Waals surface area contributed by atoms with Crippen LogP contribution in [0.5, 0.6) is 0 Å². The van der Waals surface area contributed by atoms with Crippen LogP contribution in [0.15, 0.2) is 59.8 Å². The highest BCUT2D eigenvalue weighted by molar-refractivity contribution is 6.02. The van der Waals surface area contributed by atoms with Crippen molar-refractivity contribution in [2.24, 2.45) is 5.10 Å². The fraction of sp³-hybridized carbons (Fsp3) is 0.176. The van der Waals surface area contributed by atoms with E-state index in [0.29, 0.717) is 13.0 Å². The summed E-state index contributed by atoms with van der Waals surface area (Å²) < 4.78 is 4.98. The largest absolute Gasteiger partial charge is 0.451 e. The Morgan fingerprint density at radius 1 is 1.09 bits per heavy atom. The summed E-state index contributed by atoms with van der Waals surface area (Å²) in [6, 6.07) is 14.6. The number of ether oxygens (including phenoxy) is 1. The number of aromatic nitrogens is 1. The molecule has 116 valence electrons. The number of rotatable bonds is 4. The lowest BCUT2D eigenvalue weighted by molar-refractivity contribution is -0.134. The van der Waals surface area contributed by atoms with Gasteiger partial charge in [-0.1, -0.05) is 36.4 Å². The summed E-state index contributed by atoms with van der Waals surface area (Å²) in [5, 5.41) is 5.64. The molecule has 1 amide bonds. The van der Waals surface area contributed by atoms with Crippen molar-refractivity contribution in [3.8, 4) is 0 Å². The number of carbonyl (C=O) groups excluding carboxylic acids is 2. The average molecular weight is 309 g/mol. The third-order valence-electron chi connectivity index (χ3n) is 3.40. The summed E-state index contributed by atoms with van der Waals surface area (Å²) in [5.41, 5.74) is 2.03. The fourth-order valence-electron chi connectivity index (χ4n) is 2.23. The second-order valence-electron chi connectivity index (χ2n) is 4.97. The molecule has 2 aromatic rings. The molecule has 0 saturated carbocycles. The van der Waals surface area contributed by atoms with Crippen molar-refractivity contribution in [1.82, 2.24) is 9.99 Å². The molecule has 6 nitrogen and oxygen atoms in total. The Hall–Kier alpha value is -3.02. The summed E-state index contributed by atoms with van der Waals surface area (Å²) in [6.07, 6.45) is 2.18. The van der Waals surface area contributed by atoms with Gasteiger partial charge in [0.1, 0.15) is 5.69 Å². The topological polar surface area (TPSA) is 71.9 Å². The molecule has 1 aromatic carbocycles. The maximum atomic E-state index is 12.1. The van der Waals surface area contributed by atoms with Crippen LogP contribution in [-0.2, 0) is 9.53 Å². The van der Waals surface area contributed by atoms with E-state index < -0.39 is 5.97 Å². The normalized spacial score (nSPS) is 13.6. The summed E-state index contributed by atoms with van der Waals surface area (Å²) in [5.74, 6) is -0.967. The van der Waals surface area contributed by atoms with Crippen LogP contribution >= 0.6 is 0 Å². The van der Waals surface area contributed by atoms with Crippen LogP contribution in [0, 0.1) is 0 Å². The zero-order chi connectivity index (χ0) is 16.1. The standard InChI is InChI=1S/C17H15N3O3/c21-16(12-23-17(22)15-8-4-5-10-18-15)20-11-9-14(19-20)13-6-2-1-3-7-13/h1-8,10H,9,11-12H2.